The fourth-order valence-electron chi connectivity index (χ4n) is 3.16. The van der Waals surface area contributed by atoms with Gasteiger partial charge >= 0.3 is 149 Å². The molecule has 0 aromatic heterocycles. The second-order valence-electron chi connectivity index (χ2n) is 5.74. The first kappa shape index (κ1) is 17.1. The average molecular weight is 348 g/mol. The van der Waals surface area contributed by atoms with Crippen molar-refractivity contribution in [2.24, 2.45) is 0 Å². The van der Waals surface area contributed by atoms with Crippen LogP contribution in [0.15, 0.2) is 104 Å². The summed E-state index contributed by atoms with van der Waals surface area (Å²) in [6, 6.07) is 29.9. The molecule has 2 nitrogen and oxygen atoms in total. The maximum absolute atomic E-state index is 13.4. The molecule has 0 aliphatic rings. The summed E-state index contributed by atoms with van der Waals surface area (Å²) in [6.07, 6.45) is 1.61. The molecule has 0 N–H and O–H groups in total. The van der Waals surface area contributed by atoms with Crippen molar-refractivity contribution in [2.45, 2.75) is 0 Å². The second kappa shape index (κ2) is 7.92. The molecule has 0 saturated carbocycles. The molecule has 126 valence electrons. The SMILES string of the molecule is C=CCOC(=O)[PH](c1ccccc1)(c1ccccc1)c1ccccc1. The minimum absolute atomic E-state index is 0.170. The van der Waals surface area contributed by atoms with E-state index in [9.17, 15) is 4.79 Å². The molecule has 0 aliphatic heterocycles. The van der Waals surface area contributed by atoms with E-state index in [-0.39, 0.29) is 12.3 Å². The van der Waals surface area contributed by atoms with Crippen LogP contribution in [0.2, 0.25) is 0 Å². The summed E-state index contributed by atoms with van der Waals surface area (Å²) in [4.78, 5) is 13.4. The summed E-state index contributed by atoms with van der Waals surface area (Å²) in [5.74, 6) is 0. The number of rotatable bonds is 6. The molecule has 3 heteroatoms. The fourth-order valence-corrected chi connectivity index (χ4v) is 7.25. The monoisotopic (exact) mass is 348 g/mol. The third kappa shape index (κ3) is 3.26. The molecule has 0 amide bonds. The van der Waals surface area contributed by atoms with Gasteiger partial charge in [0.1, 0.15) is 0 Å². The standard InChI is InChI=1S/C22H21O2P/c1-2-18-24-22(23)25(19-12-6-3-7-13-19,20-14-8-4-9-15-20)21-16-10-5-11-17-21/h2-17,25H,1,18H2. The Hall–Kier alpha value is -2.70. The number of carbonyl (C=O) groups is 1. The molecule has 0 atom stereocenters. The van der Waals surface area contributed by atoms with Crippen LogP contribution in [0.4, 0.5) is 4.79 Å². The number of hydrogen-bond acceptors (Lipinski definition) is 2. The van der Waals surface area contributed by atoms with E-state index < -0.39 is 7.26 Å². The van der Waals surface area contributed by atoms with Crippen LogP contribution in [0.3, 0.4) is 0 Å². The number of benzene rings is 3. The van der Waals surface area contributed by atoms with Gasteiger partial charge in [-0.2, -0.15) is 0 Å². The number of hydrogen-bond donors (Lipinski definition) is 0. The van der Waals surface area contributed by atoms with Gasteiger partial charge in [0.05, 0.1) is 0 Å². The Morgan fingerprint density at radius 2 is 1.12 bits per heavy atom. The Bertz CT molecular complexity index is 733. The zero-order valence-electron chi connectivity index (χ0n) is 14.0. The van der Waals surface area contributed by atoms with Crippen LogP contribution >= 0.6 is 7.26 Å². The summed E-state index contributed by atoms with van der Waals surface area (Å²) < 4.78 is 5.62. The molecule has 25 heavy (non-hydrogen) atoms. The third-order valence-electron chi connectivity index (χ3n) is 4.26. The molecule has 3 rings (SSSR count). The molecular weight excluding hydrogens is 327 g/mol. The molecule has 0 bridgehead atoms. The van der Waals surface area contributed by atoms with Crippen LogP contribution in [0.25, 0.3) is 0 Å². The Balaban J connectivity index is 2.31. The summed E-state index contributed by atoms with van der Waals surface area (Å²) in [5, 5.41) is 3.05. The first-order valence-corrected chi connectivity index (χ1v) is 10.2. The van der Waals surface area contributed by atoms with Crippen LogP contribution in [0.1, 0.15) is 0 Å². The Morgan fingerprint density at radius 1 is 0.760 bits per heavy atom. The van der Waals surface area contributed by atoms with E-state index in [2.05, 4.69) is 6.58 Å². The third-order valence-corrected chi connectivity index (χ3v) is 8.61. The van der Waals surface area contributed by atoms with E-state index in [1.54, 1.807) is 6.08 Å². The van der Waals surface area contributed by atoms with E-state index in [4.69, 9.17) is 4.74 Å². The van der Waals surface area contributed by atoms with Crippen molar-refractivity contribution in [3.63, 3.8) is 0 Å². The molecule has 0 heterocycles. The van der Waals surface area contributed by atoms with Gasteiger partial charge in [0.25, 0.3) is 0 Å². The Morgan fingerprint density at radius 3 is 1.44 bits per heavy atom. The van der Waals surface area contributed by atoms with E-state index in [1.165, 1.54) is 0 Å². The van der Waals surface area contributed by atoms with Gasteiger partial charge in [0.15, 0.2) is 0 Å². The Kier molecular flexibility index (Phi) is 5.42. The molecule has 3 aromatic rings. The quantitative estimate of drug-likeness (QED) is 0.496. The van der Waals surface area contributed by atoms with Crippen molar-refractivity contribution in [3.05, 3.63) is 104 Å². The van der Waals surface area contributed by atoms with E-state index >= 15 is 0 Å². The maximum atomic E-state index is 13.4. The molecular formula is C22H21O2P. The molecule has 0 radical (unpaired) electrons. The zero-order chi connectivity index (χ0) is 17.5. The van der Waals surface area contributed by atoms with Crippen LogP contribution < -0.4 is 15.9 Å². The van der Waals surface area contributed by atoms with Gasteiger partial charge in [0.2, 0.25) is 0 Å². The van der Waals surface area contributed by atoms with Crippen molar-refractivity contribution >= 4 is 28.9 Å². The van der Waals surface area contributed by atoms with Crippen LogP contribution in [0, 0.1) is 0 Å². The van der Waals surface area contributed by atoms with Gasteiger partial charge in [-0.05, 0) is 0 Å². The van der Waals surface area contributed by atoms with Crippen LogP contribution in [0.5, 0.6) is 0 Å². The average Bonchev–Trinajstić information content (AvgIpc) is 2.69. The minimum atomic E-state index is -2.97. The van der Waals surface area contributed by atoms with E-state index in [0.29, 0.717) is 0 Å². The zero-order valence-corrected chi connectivity index (χ0v) is 15.0. The van der Waals surface area contributed by atoms with E-state index in [1.807, 2.05) is 91.0 Å². The van der Waals surface area contributed by atoms with Gasteiger partial charge in [-0.15, -0.1) is 0 Å². The summed E-state index contributed by atoms with van der Waals surface area (Å²) in [5.41, 5.74) is -0.170. The Labute approximate surface area is 149 Å². The predicted molar refractivity (Wildman–Crippen MR) is 108 cm³/mol. The van der Waals surface area contributed by atoms with Crippen molar-refractivity contribution in [1.82, 2.24) is 0 Å². The van der Waals surface area contributed by atoms with Gasteiger partial charge in [-0.3, -0.25) is 0 Å². The van der Waals surface area contributed by atoms with Crippen molar-refractivity contribution < 1.29 is 9.53 Å². The van der Waals surface area contributed by atoms with Gasteiger partial charge in [0, 0.05) is 0 Å². The molecule has 3 aromatic carbocycles. The molecule has 0 spiro atoms. The summed E-state index contributed by atoms with van der Waals surface area (Å²) in [6.45, 7) is 3.88. The molecule has 0 aliphatic carbocycles. The second-order valence-corrected chi connectivity index (χ2v) is 9.38. The van der Waals surface area contributed by atoms with Crippen LogP contribution in [-0.4, -0.2) is 12.3 Å². The van der Waals surface area contributed by atoms with E-state index in [0.717, 1.165) is 15.9 Å². The topological polar surface area (TPSA) is 26.3 Å². The first-order chi connectivity index (χ1) is 12.3. The molecule has 0 fully saturated rings. The first-order valence-electron chi connectivity index (χ1n) is 8.25. The normalized spacial score (nSPS) is 11.5. The predicted octanol–water partition coefficient (Wildman–Crippen LogP) is 4.04. The van der Waals surface area contributed by atoms with Gasteiger partial charge < -0.3 is 0 Å². The molecule has 0 saturated heterocycles. The van der Waals surface area contributed by atoms with Gasteiger partial charge in [-0.25, -0.2) is 0 Å². The summed E-state index contributed by atoms with van der Waals surface area (Å²) >= 11 is 0. The number of ether oxygens (including phenoxy) is 1. The van der Waals surface area contributed by atoms with Crippen molar-refractivity contribution in [2.75, 3.05) is 6.61 Å². The number of carbonyl (C=O) groups excluding carboxylic acids is 1. The summed E-state index contributed by atoms with van der Waals surface area (Å²) in [7, 11) is -2.97. The fraction of sp³-hybridized carbons (Fsp3) is 0.0455. The van der Waals surface area contributed by atoms with Crippen molar-refractivity contribution in [1.29, 1.82) is 0 Å². The van der Waals surface area contributed by atoms with Gasteiger partial charge in [-0.1, -0.05) is 0 Å². The molecule has 0 unspecified atom stereocenters. The van der Waals surface area contributed by atoms with Crippen LogP contribution in [-0.2, 0) is 4.74 Å². The van der Waals surface area contributed by atoms with Crippen molar-refractivity contribution in [3.8, 4) is 0 Å².